The average Bonchev–Trinajstić information content (AvgIpc) is 3.17. The molecule has 2 aromatic heterocycles. The zero-order chi connectivity index (χ0) is 19.6. The first-order valence-corrected chi connectivity index (χ1v) is 10.8. The summed E-state index contributed by atoms with van der Waals surface area (Å²) in [5.74, 6) is 1.42. The summed E-state index contributed by atoms with van der Waals surface area (Å²) in [6.45, 7) is 3.02. The van der Waals surface area contributed by atoms with Gasteiger partial charge in [-0.25, -0.2) is 9.97 Å². The highest BCUT2D eigenvalue weighted by molar-refractivity contribution is 7.14. The molecule has 0 unspecified atom stereocenters. The number of aromatic nitrogens is 2. The summed E-state index contributed by atoms with van der Waals surface area (Å²) in [5.41, 5.74) is 8.47. The maximum Gasteiger partial charge on any atom is 0.187 e. The molecule has 0 saturated heterocycles. The third-order valence-electron chi connectivity index (χ3n) is 4.46. The molecule has 3 aromatic rings. The molecule has 0 atom stereocenters. The van der Waals surface area contributed by atoms with Gasteiger partial charge in [0, 0.05) is 22.8 Å². The lowest BCUT2D eigenvalue weighted by atomic mass is 10.1. The summed E-state index contributed by atoms with van der Waals surface area (Å²) in [6, 6.07) is 11.7. The van der Waals surface area contributed by atoms with Gasteiger partial charge in [0.05, 0.1) is 12.3 Å². The number of pyridine rings is 1. The van der Waals surface area contributed by atoms with Crippen LogP contribution in [0.25, 0.3) is 11.3 Å². The lowest BCUT2D eigenvalue weighted by molar-refractivity contribution is 0.304. The largest absolute Gasteiger partial charge is 0.494 e. The van der Waals surface area contributed by atoms with E-state index in [9.17, 15) is 0 Å². The number of benzene rings is 1. The Kier molecular flexibility index (Phi) is 7.67. The normalized spacial score (nSPS) is 10.8. The standard InChI is InChI=1S/C22H28N4OS/c1-2-3-4-5-6-7-14-27-19-11-9-18(10-12-19)25-22-26-20(16-28-22)17-8-13-21(23)24-15-17/h8-13,15-16H,2-7,14H2,1H3,(H2,23,24)(H,25,26). The zero-order valence-electron chi connectivity index (χ0n) is 16.4. The predicted octanol–water partition coefficient (Wildman–Crippen LogP) is 6.27. The van der Waals surface area contributed by atoms with Crippen molar-refractivity contribution >= 4 is 28.0 Å². The van der Waals surface area contributed by atoms with Crippen molar-refractivity contribution in [1.82, 2.24) is 9.97 Å². The highest BCUT2D eigenvalue weighted by Gasteiger charge is 2.06. The van der Waals surface area contributed by atoms with Crippen molar-refractivity contribution in [1.29, 1.82) is 0 Å². The molecule has 1 aromatic carbocycles. The fourth-order valence-corrected chi connectivity index (χ4v) is 3.59. The third kappa shape index (κ3) is 6.23. The number of nitrogen functional groups attached to an aromatic ring is 1. The molecule has 0 amide bonds. The van der Waals surface area contributed by atoms with Gasteiger partial charge in [-0.3, -0.25) is 0 Å². The van der Waals surface area contributed by atoms with E-state index in [0.717, 1.165) is 40.9 Å². The fraction of sp³-hybridized carbons (Fsp3) is 0.364. The number of thiazole rings is 1. The molecule has 0 spiro atoms. The molecule has 3 rings (SSSR count). The van der Waals surface area contributed by atoms with Crippen LogP contribution in [0.15, 0.2) is 48.0 Å². The molecule has 3 N–H and O–H groups in total. The summed E-state index contributed by atoms with van der Waals surface area (Å²) in [4.78, 5) is 8.73. The molecule has 0 fully saturated rings. The van der Waals surface area contributed by atoms with Gasteiger partial charge in [-0.1, -0.05) is 39.0 Å². The lowest BCUT2D eigenvalue weighted by Crippen LogP contribution is -1.97. The molecule has 0 radical (unpaired) electrons. The lowest BCUT2D eigenvalue weighted by Gasteiger charge is -2.08. The van der Waals surface area contributed by atoms with Crippen molar-refractivity contribution in [2.24, 2.45) is 0 Å². The summed E-state index contributed by atoms with van der Waals surface area (Å²) in [7, 11) is 0. The van der Waals surface area contributed by atoms with Crippen LogP contribution in [0.4, 0.5) is 16.6 Å². The van der Waals surface area contributed by atoms with Gasteiger partial charge in [-0.05, 0) is 42.8 Å². The Morgan fingerprint density at radius 2 is 1.79 bits per heavy atom. The van der Waals surface area contributed by atoms with Crippen LogP contribution in [0.1, 0.15) is 45.4 Å². The predicted molar refractivity (Wildman–Crippen MR) is 118 cm³/mol. The van der Waals surface area contributed by atoms with Crippen LogP contribution in [0.5, 0.6) is 5.75 Å². The monoisotopic (exact) mass is 396 g/mol. The molecule has 148 valence electrons. The van der Waals surface area contributed by atoms with E-state index in [4.69, 9.17) is 10.5 Å². The average molecular weight is 397 g/mol. The Labute approximate surface area is 171 Å². The van der Waals surface area contributed by atoms with E-state index in [1.807, 2.05) is 35.7 Å². The smallest absolute Gasteiger partial charge is 0.187 e. The Morgan fingerprint density at radius 3 is 2.54 bits per heavy atom. The van der Waals surface area contributed by atoms with Crippen molar-refractivity contribution in [2.45, 2.75) is 45.4 Å². The summed E-state index contributed by atoms with van der Waals surface area (Å²) in [6.07, 6.45) is 9.38. The Bertz CT molecular complexity index is 831. The molecule has 6 heteroatoms. The number of hydrogen-bond donors (Lipinski definition) is 2. The van der Waals surface area contributed by atoms with Crippen LogP contribution < -0.4 is 15.8 Å². The summed E-state index contributed by atoms with van der Waals surface area (Å²) in [5, 5.41) is 6.18. The van der Waals surface area contributed by atoms with E-state index >= 15 is 0 Å². The van der Waals surface area contributed by atoms with E-state index in [0.29, 0.717) is 5.82 Å². The summed E-state index contributed by atoms with van der Waals surface area (Å²) < 4.78 is 5.83. The maximum absolute atomic E-state index is 5.83. The van der Waals surface area contributed by atoms with Gasteiger partial charge in [0.1, 0.15) is 11.6 Å². The first-order valence-electron chi connectivity index (χ1n) is 9.92. The number of nitrogens with two attached hydrogens (primary N) is 1. The van der Waals surface area contributed by atoms with Crippen molar-refractivity contribution < 1.29 is 4.74 Å². The van der Waals surface area contributed by atoms with Gasteiger partial charge in [0.25, 0.3) is 0 Å². The van der Waals surface area contributed by atoms with Crippen molar-refractivity contribution in [3.8, 4) is 17.0 Å². The minimum atomic E-state index is 0.510. The van der Waals surface area contributed by atoms with Gasteiger partial charge >= 0.3 is 0 Å². The molecular formula is C22H28N4OS. The minimum Gasteiger partial charge on any atom is -0.494 e. The molecule has 28 heavy (non-hydrogen) atoms. The first kappa shape index (κ1) is 20.1. The Balaban J connectivity index is 1.45. The van der Waals surface area contributed by atoms with E-state index in [1.165, 1.54) is 32.1 Å². The van der Waals surface area contributed by atoms with Gasteiger partial charge in [-0.15, -0.1) is 11.3 Å². The molecule has 2 heterocycles. The molecule has 0 aliphatic carbocycles. The molecule has 0 saturated carbocycles. The van der Waals surface area contributed by atoms with Crippen LogP contribution in [0.2, 0.25) is 0 Å². The minimum absolute atomic E-state index is 0.510. The Hall–Kier alpha value is -2.60. The molecule has 0 bridgehead atoms. The van der Waals surface area contributed by atoms with Crippen LogP contribution in [-0.2, 0) is 0 Å². The number of hydrogen-bond acceptors (Lipinski definition) is 6. The van der Waals surface area contributed by atoms with Crippen LogP contribution in [-0.4, -0.2) is 16.6 Å². The highest BCUT2D eigenvalue weighted by atomic mass is 32.1. The first-order chi connectivity index (χ1) is 13.7. The SMILES string of the molecule is CCCCCCCCOc1ccc(Nc2nc(-c3ccc(N)nc3)cs2)cc1. The number of unbranched alkanes of at least 4 members (excludes halogenated alkanes) is 5. The number of nitrogens with one attached hydrogen (secondary N) is 1. The molecule has 0 aliphatic rings. The van der Waals surface area contributed by atoms with Gasteiger partial charge in [0.2, 0.25) is 0 Å². The zero-order valence-corrected chi connectivity index (χ0v) is 17.2. The topological polar surface area (TPSA) is 73.1 Å². The van der Waals surface area contributed by atoms with Crippen molar-refractivity contribution in [3.63, 3.8) is 0 Å². The molecule has 5 nitrogen and oxygen atoms in total. The highest BCUT2D eigenvalue weighted by Crippen LogP contribution is 2.27. The quantitative estimate of drug-likeness (QED) is 0.374. The number of ether oxygens (including phenoxy) is 1. The second kappa shape index (κ2) is 10.7. The fourth-order valence-electron chi connectivity index (χ4n) is 2.85. The van der Waals surface area contributed by atoms with Crippen molar-refractivity contribution in [2.75, 3.05) is 17.7 Å². The van der Waals surface area contributed by atoms with E-state index in [1.54, 1.807) is 23.6 Å². The second-order valence-electron chi connectivity index (χ2n) is 6.78. The third-order valence-corrected chi connectivity index (χ3v) is 5.22. The van der Waals surface area contributed by atoms with Crippen LogP contribution in [0.3, 0.4) is 0 Å². The molecular weight excluding hydrogens is 368 g/mol. The van der Waals surface area contributed by atoms with E-state index in [2.05, 4.69) is 22.2 Å². The second-order valence-corrected chi connectivity index (χ2v) is 7.63. The van der Waals surface area contributed by atoms with Crippen molar-refractivity contribution in [3.05, 3.63) is 48.0 Å². The molecule has 0 aliphatic heterocycles. The number of nitrogens with zero attached hydrogens (tertiary/aromatic N) is 2. The van der Waals surface area contributed by atoms with E-state index < -0.39 is 0 Å². The maximum atomic E-state index is 5.83. The van der Waals surface area contributed by atoms with Gasteiger partial charge < -0.3 is 15.8 Å². The number of anilines is 3. The summed E-state index contributed by atoms with van der Waals surface area (Å²) >= 11 is 1.56. The van der Waals surface area contributed by atoms with Gasteiger partial charge in [0.15, 0.2) is 5.13 Å². The number of rotatable bonds is 11. The van der Waals surface area contributed by atoms with E-state index in [-0.39, 0.29) is 0 Å². The van der Waals surface area contributed by atoms with Crippen LogP contribution in [0, 0.1) is 0 Å². The van der Waals surface area contributed by atoms with Crippen LogP contribution >= 0.6 is 11.3 Å². The van der Waals surface area contributed by atoms with Gasteiger partial charge in [-0.2, -0.15) is 0 Å². The Morgan fingerprint density at radius 1 is 1.00 bits per heavy atom.